The molecule has 3 N–H and O–H groups in total. The maximum atomic E-state index is 9.34. The Bertz CT molecular complexity index is 359. The molecule has 0 radical (unpaired) electrons. The molecule has 0 aliphatic rings. The standard InChI is InChI=1S/C15H26N2O/c1-5-14(12-6-8-13(18)9-7-12)17(4)11-15(2,3)10-16/h6-9,14,18H,5,10-11,16H2,1-4H3. The summed E-state index contributed by atoms with van der Waals surface area (Å²) < 4.78 is 0. The summed E-state index contributed by atoms with van der Waals surface area (Å²) in [4.78, 5) is 2.35. The molecule has 0 saturated heterocycles. The summed E-state index contributed by atoms with van der Waals surface area (Å²) in [7, 11) is 2.14. The van der Waals surface area contributed by atoms with Crippen molar-refractivity contribution in [3.63, 3.8) is 0 Å². The highest BCUT2D eigenvalue weighted by molar-refractivity contribution is 5.28. The summed E-state index contributed by atoms with van der Waals surface area (Å²) in [5.74, 6) is 0.318. The van der Waals surface area contributed by atoms with Crippen LogP contribution in [-0.2, 0) is 0 Å². The van der Waals surface area contributed by atoms with Crippen LogP contribution in [0.2, 0.25) is 0 Å². The molecule has 18 heavy (non-hydrogen) atoms. The molecule has 0 aliphatic carbocycles. The smallest absolute Gasteiger partial charge is 0.115 e. The van der Waals surface area contributed by atoms with Crippen LogP contribution in [-0.4, -0.2) is 30.1 Å². The van der Waals surface area contributed by atoms with Gasteiger partial charge < -0.3 is 10.8 Å². The molecule has 1 unspecified atom stereocenters. The fourth-order valence-electron chi connectivity index (χ4n) is 2.35. The molecular weight excluding hydrogens is 224 g/mol. The Morgan fingerprint density at radius 2 is 1.83 bits per heavy atom. The van der Waals surface area contributed by atoms with Crippen molar-refractivity contribution in [1.82, 2.24) is 4.90 Å². The van der Waals surface area contributed by atoms with Gasteiger partial charge in [0.1, 0.15) is 5.75 Å². The van der Waals surface area contributed by atoms with E-state index in [0.717, 1.165) is 13.0 Å². The van der Waals surface area contributed by atoms with Gasteiger partial charge in [0, 0.05) is 12.6 Å². The largest absolute Gasteiger partial charge is 0.508 e. The maximum absolute atomic E-state index is 9.34. The molecule has 3 heteroatoms. The quantitative estimate of drug-likeness (QED) is 0.816. The van der Waals surface area contributed by atoms with Crippen LogP contribution in [0.4, 0.5) is 0 Å². The number of hydrogen-bond donors (Lipinski definition) is 2. The molecule has 0 fully saturated rings. The second-order valence-corrected chi connectivity index (χ2v) is 5.80. The first-order valence-electron chi connectivity index (χ1n) is 6.59. The van der Waals surface area contributed by atoms with E-state index < -0.39 is 0 Å². The minimum absolute atomic E-state index is 0.124. The molecule has 0 aliphatic heterocycles. The van der Waals surface area contributed by atoms with Crippen LogP contribution in [0, 0.1) is 5.41 Å². The summed E-state index contributed by atoms with van der Waals surface area (Å²) in [6, 6.07) is 7.86. The van der Waals surface area contributed by atoms with Gasteiger partial charge in [-0.15, -0.1) is 0 Å². The monoisotopic (exact) mass is 250 g/mol. The Kier molecular flexibility index (Phi) is 5.17. The predicted octanol–water partition coefficient (Wildman–Crippen LogP) is 2.76. The van der Waals surface area contributed by atoms with Crippen molar-refractivity contribution in [2.45, 2.75) is 33.2 Å². The summed E-state index contributed by atoms with van der Waals surface area (Å²) in [6.45, 7) is 8.20. The highest BCUT2D eigenvalue weighted by Gasteiger charge is 2.23. The van der Waals surface area contributed by atoms with Crippen molar-refractivity contribution in [3.05, 3.63) is 29.8 Å². The number of aromatic hydroxyl groups is 1. The first-order valence-corrected chi connectivity index (χ1v) is 6.59. The summed E-state index contributed by atoms with van der Waals surface area (Å²) in [6.07, 6.45) is 1.04. The van der Waals surface area contributed by atoms with E-state index in [-0.39, 0.29) is 5.41 Å². The molecule has 0 bridgehead atoms. The van der Waals surface area contributed by atoms with E-state index in [1.54, 1.807) is 12.1 Å². The molecule has 102 valence electrons. The first kappa shape index (κ1) is 15.0. The zero-order valence-corrected chi connectivity index (χ0v) is 12.0. The maximum Gasteiger partial charge on any atom is 0.115 e. The van der Waals surface area contributed by atoms with Crippen LogP contribution < -0.4 is 5.73 Å². The Morgan fingerprint density at radius 1 is 1.28 bits per heavy atom. The van der Waals surface area contributed by atoms with E-state index in [1.165, 1.54) is 5.56 Å². The van der Waals surface area contributed by atoms with Crippen molar-refractivity contribution in [1.29, 1.82) is 0 Å². The minimum atomic E-state index is 0.124. The fourth-order valence-corrected chi connectivity index (χ4v) is 2.35. The second-order valence-electron chi connectivity index (χ2n) is 5.80. The van der Waals surface area contributed by atoms with Gasteiger partial charge in [-0.1, -0.05) is 32.9 Å². The molecule has 3 nitrogen and oxygen atoms in total. The van der Waals surface area contributed by atoms with E-state index in [9.17, 15) is 5.11 Å². The van der Waals surface area contributed by atoms with Gasteiger partial charge in [-0.25, -0.2) is 0 Å². The highest BCUT2D eigenvalue weighted by atomic mass is 16.3. The summed E-state index contributed by atoms with van der Waals surface area (Å²) in [5.41, 5.74) is 7.16. The van der Waals surface area contributed by atoms with Gasteiger partial charge in [0.05, 0.1) is 0 Å². The minimum Gasteiger partial charge on any atom is -0.508 e. The van der Waals surface area contributed by atoms with Crippen LogP contribution in [0.1, 0.15) is 38.8 Å². The third-order valence-corrected chi connectivity index (χ3v) is 3.43. The first-order chi connectivity index (χ1) is 8.39. The number of nitrogens with two attached hydrogens (primary N) is 1. The van der Waals surface area contributed by atoms with Gasteiger partial charge in [0.25, 0.3) is 0 Å². The molecule has 0 amide bonds. The van der Waals surface area contributed by atoms with Crippen LogP contribution in [0.25, 0.3) is 0 Å². The third-order valence-electron chi connectivity index (χ3n) is 3.43. The second kappa shape index (κ2) is 6.21. The number of hydrogen-bond acceptors (Lipinski definition) is 3. The molecule has 1 rings (SSSR count). The van der Waals surface area contributed by atoms with Gasteiger partial charge >= 0.3 is 0 Å². The lowest BCUT2D eigenvalue weighted by Gasteiger charge is -2.34. The molecule has 1 atom stereocenters. The van der Waals surface area contributed by atoms with E-state index in [4.69, 9.17) is 5.73 Å². The van der Waals surface area contributed by atoms with Gasteiger partial charge in [0.15, 0.2) is 0 Å². The lowest BCUT2D eigenvalue weighted by atomic mass is 9.91. The van der Waals surface area contributed by atoms with Gasteiger partial charge in [-0.3, -0.25) is 4.90 Å². The van der Waals surface area contributed by atoms with Crippen LogP contribution in [0.15, 0.2) is 24.3 Å². The van der Waals surface area contributed by atoms with Gasteiger partial charge in [-0.05, 0) is 43.1 Å². The van der Waals surface area contributed by atoms with Crippen LogP contribution in [0.3, 0.4) is 0 Å². The lowest BCUT2D eigenvalue weighted by Crippen LogP contribution is -2.38. The van der Waals surface area contributed by atoms with E-state index in [1.807, 2.05) is 12.1 Å². The van der Waals surface area contributed by atoms with Crippen molar-refractivity contribution in [3.8, 4) is 5.75 Å². The molecular formula is C15H26N2O. The lowest BCUT2D eigenvalue weighted by molar-refractivity contribution is 0.161. The van der Waals surface area contributed by atoms with E-state index in [0.29, 0.717) is 18.3 Å². The topological polar surface area (TPSA) is 49.5 Å². The van der Waals surface area contributed by atoms with Gasteiger partial charge in [-0.2, -0.15) is 0 Å². The zero-order valence-electron chi connectivity index (χ0n) is 12.0. The fraction of sp³-hybridized carbons (Fsp3) is 0.600. The van der Waals surface area contributed by atoms with Crippen molar-refractivity contribution in [2.75, 3.05) is 20.1 Å². The number of rotatable bonds is 6. The van der Waals surface area contributed by atoms with Crippen molar-refractivity contribution < 1.29 is 5.11 Å². The van der Waals surface area contributed by atoms with Crippen LogP contribution in [0.5, 0.6) is 5.75 Å². The molecule has 0 saturated carbocycles. The Balaban J connectivity index is 2.80. The Hall–Kier alpha value is -1.06. The highest BCUT2D eigenvalue weighted by Crippen LogP contribution is 2.27. The van der Waals surface area contributed by atoms with E-state index in [2.05, 4.69) is 32.7 Å². The molecule has 1 aromatic rings. The summed E-state index contributed by atoms with van der Waals surface area (Å²) in [5, 5.41) is 9.34. The number of benzene rings is 1. The molecule has 1 aromatic carbocycles. The number of phenolic OH excluding ortho intramolecular Hbond substituents is 1. The number of nitrogens with zero attached hydrogens (tertiary/aromatic N) is 1. The average Bonchev–Trinajstić information content (AvgIpc) is 2.32. The third kappa shape index (κ3) is 4.00. The molecule has 0 spiro atoms. The van der Waals surface area contributed by atoms with Gasteiger partial charge in [0.2, 0.25) is 0 Å². The molecule has 0 aromatic heterocycles. The van der Waals surface area contributed by atoms with Crippen molar-refractivity contribution >= 4 is 0 Å². The predicted molar refractivity (Wildman–Crippen MR) is 76.6 cm³/mol. The number of phenols is 1. The Labute approximate surface area is 111 Å². The average molecular weight is 250 g/mol. The van der Waals surface area contributed by atoms with E-state index >= 15 is 0 Å². The normalized spacial score (nSPS) is 13.9. The summed E-state index contributed by atoms with van der Waals surface area (Å²) >= 11 is 0. The van der Waals surface area contributed by atoms with Crippen molar-refractivity contribution in [2.24, 2.45) is 11.1 Å². The SMILES string of the molecule is CCC(c1ccc(O)cc1)N(C)CC(C)(C)CN. The molecule has 0 heterocycles. The van der Waals surface area contributed by atoms with Crippen LogP contribution >= 0.6 is 0 Å². The zero-order chi connectivity index (χ0) is 13.8. The Morgan fingerprint density at radius 3 is 2.28 bits per heavy atom.